The fourth-order valence-electron chi connectivity index (χ4n) is 3.38. The summed E-state index contributed by atoms with van der Waals surface area (Å²) in [7, 11) is 0. The Labute approximate surface area is 163 Å². The number of hydrogen-bond donors (Lipinski definition) is 3. The van der Waals surface area contributed by atoms with Gasteiger partial charge < -0.3 is 15.3 Å². The molecule has 4 rings (SSSR count). The predicted octanol–water partition coefficient (Wildman–Crippen LogP) is 2.36. The third-order valence-electron chi connectivity index (χ3n) is 4.88. The summed E-state index contributed by atoms with van der Waals surface area (Å²) < 4.78 is 0. The number of nitrogens with one attached hydrogen (secondary N) is 2. The summed E-state index contributed by atoms with van der Waals surface area (Å²) in [5, 5.41) is 19.8. The number of carbonyl (C=O) groups is 1. The number of nitrogens with zero attached hydrogens (tertiary/aromatic N) is 3. The molecule has 0 saturated carbocycles. The van der Waals surface area contributed by atoms with Crippen LogP contribution in [0.1, 0.15) is 28.9 Å². The number of pyridine rings is 1. The van der Waals surface area contributed by atoms with Gasteiger partial charge in [0.15, 0.2) is 0 Å². The summed E-state index contributed by atoms with van der Waals surface area (Å²) in [6.45, 7) is 1.87. The van der Waals surface area contributed by atoms with E-state index in [1.807, 2.05) is 42.5 Å². The molecule has 1 atom stereocenters. The third-order valence-corrected chi connectivity index (χ3v) is 4.88. The lowest BCUT2D eigenvalue weighted by Gasteiger charge is -2.31. The number of β-amino-alcohol motifs (C(OH)–C–C–N with tert-alkyl or cyclic N) is 1. The second-order valence-corrected chi connectivity index (χ2v) is 6.98. The first kappa shape index (κ1) is 18.2. The Balaban J connectivity index is 1.39. The van der Waals surface area contributed by atoms with E-state index in [1.165, 1.54) is 0 Å². The average Bonchev–Trinajstić information content (AvgIpc) is 3.23. The van der Waals surface area contributed by atoms with Crippen LogP contribution in [-0.4, -0.2) is 45.4 Å². The van der Waals surface area contributed by atoms with Crippen LogP contribution in [0.4, 0.5) is 5.82 Å². The first-order valence-corrected chi connectivity index (χ1v) is 9.46. The molecule has 3 aromatic rings. The third kappa shape index (κ3) is 4.20. The van der Waals surface area contributed by atoms with Gasteiger partial charge in [-0.2, -0.15) is 5.10 Å². The van der Waals surface area contributed by atoms with E-state index in [-0.39, 0.29) is 12.0 Å². The molecule has 1 amide bonds. The van der Waals surface area contributed by atoms with E-state index < -0.39 is 0 Å². The molecule has 0 aliphatic carbocycles. The van der Waals surface area contributed by atoms with E-state index in [2.05, 4.69) is 25.4 Å². The van der Waals surface area contributed by atoms with Gasteiger partial charge in [0, 0.05) is 31.4 Å². The standard InChI is InChI=1S/C21H23N5O2/c27-17-7-4-10-26(14-17)20-11-15(8-9-22-20)13-23-21(28)19-12-18(24-25-19)16-5-2-1-3-6-16/h1-3,5-6,8-9,11-12,17,27H,4,7,10,13-14H2,(H,23,28)(H,24,25). The van der Waals surface area contributed by atoms with Crippen LogP contribution in [0.25, 0.3) is 11.3 Å². The molecule has 1 aliphatic heterocycles. The van der Waals surface area contributed by atoms with E-state index >= 15 is 0 Å². The summed E-state index contributed by atoms with van der Waals surface area (Å²) in [6, 6.07) is 15.3. The monoisotopic (exact) mass is 377 g/mol. The number of hydrogen-bond acceptors (Lipinski definition) is 5. The molecule has 0 bridgehead atoms. The molecular formula is C21H23N5O2. The van der Waals surface area contributed by atoms with Gasteiger partial charge in [-0.1, -0.05) is 30.3 Å². The Kier molecular flexibility index (Phi) is 5.34. The summed E-state index contributed by atoms with van der Waals surface area (Å²) >= 11 is 0. The van der Waals surface area contributed by atoms with Crippen molar-refractivity contribution < 1.29 is 9.90 Å². The van der Waals surface area contributed by atoms with Crippen molar-refractivity contribution >= 4 is 11.7 Å². The summed E-state index contributed by atoms with van der Waals surface area (Å²) in [4.78, 5) is 18.9. The zero-order chi connectivity index (χ0) is 19.3. The molecule has 1 aromatic carbocycles. The lowest BCUT2D eigenvalue weighted by Crippen LogP contribution is -2.38. The highest BCUT2D eigenvalue weighted by Crippen LogP contribution is 2.19. The van der Waals surface area contributed by atoms with Gasteiger partial charge in [0.2, 0.25) is 0 Å². The van der Waals surface area contributed by atoms with Crippen molar-refractivity contribution in [3.8, 4) is 11.3 Å². The van der Waals surface area contributed by atoms with Gasteiger partial charge in [-0.15, -0.1) is 0 Å². The number of aliphatic hydroxyl groups is 1. The fraction of sp³-hybridized carbons (Fsp3) is 0.286. The first-order chi connectivity index (χ1) is 13.7. The van der Waals surface area contributed by atoms with Crippen molar-refractivity contribution in [3.63, 3.8) is 0 Å². The molecule has 0 spiro atoms. The molecule has 1 fully saturated rings. The van der Waals surface area contributed by atoms with Crippen LogP contribution in [0.5, 0.6) is 0 Å². The molecule has 1 saturated heterocycles. The highest BCUT2D eigenvalue weighted by molar-refractivity contribution is 5.93. The lowest BCUT2D eigenvalue weighted by molar-refractivity contribution is 0.0946. The van der Waals surface area contributed by atoms with Crippen molar-refractivity contribution in [2.24, 2.45) is 0 Å². The maximum atomic E-state index is 12.5. The zero-order valence-corrected chi connectivity index (χ0v) is 15.5. The highest BCUT2D eigenvalue weighted by atomic mass is 16.3. The minimum absolute atomic E-state index is 0.207. The van der Waals surface area contributed by atoms with Gasteiger partial charge in [-0.25, -0.2) is 4.98 Å². The van der Waals surface area contributed by atoms with Crippen LogP contribution >= 0.6 is 0 Å². The van der Waals surface area contributed by atoms with Gasteiger partial charge in [0.1, 0.15) is 11.5 Å². The summed E-state index contributed by atoms with van der Waals surface area (Å²) in [6.07, 6.45) is 3.22. The maximum absolute atomic E-state index is 12.5. The largest absolute Gasteiger partial charge is 0.391 e. The van der Waals surface area contributed by atoms with Gasteiger partial charge >= 0.3 is 0 Å². The fourth-order valence-corrected chi connectivity index (χ4v) is 3.38. The Hall–Kier alpha value is -3.19. The number of benzene rings is 1. The van der Waals surface area contributed by atoms with Crippen LogP contribution in [-0.2, 0) is 6.54 Å². The number of carbonyl (C=O) groups excluding carboxylic acids is 1. The molecule has 7 heteroatoms. The minimum atomic E-state index is -0.307. The Morgan fingerprint density at radius 2 is 2.11 bits per heavy atom. The number of anilines is 1. The molecule has 3 N–H and O–H groups in total. The Morgan fingerprint density at radius 1 is 1.25 bits per heavy atom. The Bertz CT molecular complexity index is 941. The van der Waals surface area contributed by atoms with Crippen LogP contribution < -0.4 is 10.2 Å². The van der Waals surface area contributed by atoms with E-state index in [1.54, 1.807) is 12.3 Å². The second kappa shape index (κ2) is 8.22. The first-order valence-electron chi connectivity index (χ1n) is 9.46. The second-order valence-electron chi connectivity index (χ2n) is 6.98. The number of amides is 1. The highest BCUT2D eigenvalue weighted by Gasteiger charge is 2.19. The molecule has 2 aromatic heterocycles. The minimum Gasteiger partial charge on any atom is -0.391 e. The summed E-state index contributed by atoms with van der Waals surface area (Å²) in [5.74, 6) is 0.625. The van der Waals surface area contributed by atoms with Crippen LogP contribution in [0, 0.1) is 0 Å². The van der Waals surface area contributed by atoms with E-state index in [9.17, 15) is 9.90 Å². The predicted molar refractivity (Wildman–Crippen MR) is 107 cm³/mol. The van der Waals surface area contributed by atoms with Crippen molar-refractivity contribution in [2.45, 2.75) is 25.5 Å². The van der Waals surface area contributed by atoms with Gasteiger partial charge in [0.05, 0.1) is 11.8 Å². The molecule has 28 heavy (non-hydrogen) atoms. The smallest absolute Gasteiger partial charge is 0.269 e. The van der Waals surface area contributed by atoms with Crippen LogP contribution in [0.2, 0.25) is 0 Å². The number of aliphatic hydroxyl groups excluding tert-OH is 1. The zero-order valence-electron chi connectivity index (χ0n) is 15.5. The molecule has 3 heterocycles. The van der Waals surface area contributed by atoms with Crippen LogP contribution in [0.3, 0.4) is 0 Å². The van der Waals surface area contributed by atoms with E-state index in [0.29, 0.717) is 18.8 Å². The quantitative estimate of drug-likeness (QED) is 0.635. The number of rotatable bonds is 5. The Morgan fingerprint density at radius 3 is 2.93 bits per heavy atom. The molecule has 1 unspecified atom stereocenters. The number of aromatic nitrogens is 3. The number of H-pyrrole nitrogens is 1. The maximum Gasteiger partial charge on any atom is 0.269 e. The van der Waals surface area contributed by atoms with Crippen molar-refractivity contribution in [2.75, 3.05) is 18.0 Å². The van der Waals surface area contributed by atoms with Gasteiger partial charge in [0.25, 0.3) is 5.91 Å². The molecule has 144 valence electrons. The summed E-state index contributed by atoms with van der Waals surface area (Å²) in [5.41, 5.74) is 3.08. The molecular weight excluding hydrogens is 354 g/mol. The number of aromatic amines is 1. The SMILES string of the molecule is O=C(NCc1ccnc(N2CCCC(O)C2)c1)c1cc(-c2ccccc2)n[nH]1. The van der Waals surface area contributed by atoms with Crippen LogP contribution in [0.15, 0.2) is 54.7 Å². The van der Waals surface area contributed by atoms with E-state index in [0.717, 1.165) is 42.0 Å². The average molecular weight is 377 g/mol. The lowest BCUT2D eigenvalue weighted by atomic mass is 10.1. The van der Waals surface area contributed by atoms with E-state index in [4.69, 9.17) is 0 Å². The van der Waals surface area contributed by atoms with Gasteiger partial charge in [-0.05, 0) is 36.6 Å². The number of piperidine rings is 1. The van der Waals surface area contributed by atoms with Crippen molar-refractivity contribution in [1.29, 1.82) is 0 Å². The normalized spacial score (nSPS) is 16.8. The van der Waals surface area contributed by atoms with Crippen molar-refractivity contribution in [1.82, 2.24) is 20.5 Å². The molecule has 0 radical (unpaired) electrons. The molecule has 7 nitrogen and oxygen atoms in total. The van der Waals surface area contributed by atoms with Gasteiger partial charge in [-0.3, -0.25) is 9.89 Å². The topological polar surface area (TPSA) is 94.1 Å². The van der Waals surface area contributed by atoms with Crippen molar-refractivity contribution in [3.05, 3.63) is 66.0 Å². The molecule has 1 aliphatic rings.